The molecule has 0 saturated carbocycles. The van der Waals surface area contributed by atoms with E-state index in [1.54, 1.807) is 0 Å². The average molecular weight is 404 g/mol. The number of ether oxygens (including phenoxy) is 1. The Morgan fingerprint density at radius 1 is 0.857 bits per heavy atom. The second-order valence-electron chi connectivity index (χ2n) is 5.68. The Morgan fingerprint density at radius 3 is 1.79 bits per heavy atom. The minimum atomic E-state index is -5.23. The van der Waals surface area contributed by atoms with Gasteiger partial charge in [0.15, 0.2) is 5.78 Å². The van der Waals surface area contributed by atoms with Crippen molar-refractivity contribution < 1.29 is 40.7 Å². The van der Waals surface area contributed by atoms with E-state index in [-0.39, 0.29) is 12.2 Å². The molecule has 1 atom stereocenters. The number of alkyl halides is 6. The van der Waals surface area contributed by atoms with E-state index >= 15 is 0 Å². The van der Waals surface area contributed by atoms with Gasteiger partial charge < -0.3 is 4.74 Å². The lowest BCUT2D eigenvalue weighted by molar-refractivity contribution is -0.146. The largest absolute Gasteiger partial charge is 0.465 e. The van der Waals surface area contributed by atoms with Gasteiger partial charge in [-0.2, -0.15) is 26.3 Å². The molecule has 0 fully saturated rings. The van der Waals surface area contributed by atoms with E-state index in [0.717, 1.165) is 0 Å². The van der Waals surface area contributed by atoms with Crippen LogP contribution in [0.3, 0.4) is 0 Å². The van der Waals surface area contributed by atoms with Gasteiger partial charge in [0, 0.05) is 5.56 Å². The Bertz CT molecular complexity index is 824. The lowest BCUT2D eigenvalue weighted by Crippen LogP contribution is -2.29. The van der Waals surface area contributed by atoms with Gasteiger partial charge in [0.2, 0.25) is 0 Å². The van der Waals surface area contributed by atoms with Gasteiger partial charge in [-0.1, -0.05) is 36.4 Å². The Kier molecular flexibility index (Phi) is 6.16. The van der Waals surface area contributed by atoms with Gasteiger partial charge >= 0.3 is 18.3 Å². The summed E-state index contributed by atoms with van der Waals surface area (Å²) in [7, 11) is 0. The predicted octanol–water partition coefficient (Wildman–Crippen LogP) is 5.25. The molecule has 0 heterocycles. The van der Waals surface area contributed by atoms with Crippen molar-refractivity contribution in [1.82, 2.24) is 0 Å². The first kappa shape index (κ1) is 21.5. The summed E-state index contributed by atoms with van der Waals surface area (Å²) >= 11 is 0. The Hall–Kier alpha value is -2.84. The fraction of sp³-hybridized carbons (Fsp3) is 0.263. The van der Waals surface area contributed by atoms with Crippen LogP contribution in [0.5, 0.6) is 0 Å². The van der Waals surface area contributed by atoms with E-state index in [0.29, 0.717) is 18.2 Å². The molecule has 2 aromatic carbocycles. The third kappa shape index (κ3) is 4.52. The molecule has 0 aliphatic rings. The second kappa shape index (κ2) is 8.04. The number of esters is 1. The van der Waals surface area contributed by atoms with Crippen molar-refractivity contribution in [2.24, 2.45) is 0 Å². The third-order valence-electron chi connectivity index (χ3n) is 3.84. The summed E-state index contributed by atoms with van der Waals surface area (Å²) < 4.78 is 84.9. The molecular formula is C19H14F6O3. The quantitative estimate of drug-likeness (QED) is 0.296. The molecule has 2 rings (SSSR count). The first-order chi connectivity index (χ1) is 13.0. The molecule has 0 spiro atoms. The van der Waals surface area contributed by atoms with Crippen LogP contribution in [0.25, 0.3) is 0 Å². The first-order valence-corrected chi connectivity index (χ1v) is 8.01. The maximum Gasteiger partial charge on any atom is 0.417 e. The Balaban J connectivity index is 2.75. The average Bonchev–Trinajstić information content (AvgIpc) is 2.61. The van der Waals surface area contributed by atoms with Crippen molar-refractivity contribution in [3.8, 4) is 0 Å². The van der Waals surface area contributed by atoms with Gasteiger partial charge in [0.05, 0.1) is 17.7 Å². The maximum atomic E-state index is 13.4. The zero-order valence-corrected chi connectivity index (χ0v) is 14.4. The van der Waals surface area contributed by atoms with Gasteiger partial charge in [0.25, 0.3) is 0 Å². The number of carbonyl (C=O) groups is 2. The molecule has 2 aromatic rings. The number of benzene rings is 2. The van der Waals surface area contributed by atoms with E-state index in [9.17, 15) is 35.9 Å². The summed E-state index contributed by atoms with van der Waals surface area (Å²) in [5.41, 5.74) is -5.21. The number of rotatable bonds is 5. The van der Waals surface area contributed by atoms with E-state index in [1.807, 2.05) is 0 Å². The van der Waals surface area contributed by atoms with Gasteiger partial charge in [-0.15, -0.1) is 0 Å². The molecule has 0 aliphatic heterocycles. The molecular weight excluding hydrogens is 390 g/mol. The van der Waals surface area contributed by atoms with Crippen molar-refractivity contribution >= 4 is 11.8 Å². The van der Waals surface area contributed by atoms with Gasteiger partial charge in [-0.25, -0.2) is 0 Å². The summed E-state index contributed by atoms with van der Waals surface area (Å²) in [6, 6.07) is 8.12. The van der Waals surface area contributed by atoms with Crippen molar-refractivity contribution in [3.05, 3.63) is 70.8 Å². The monoisotopic (exact) mass is 404 g/mol. The van der Waals surface area contributed by atoms with Gasteiger partial charge in [-0.05, 0) is 24.6 Å². The van der Waals surface area contributed by atoms with Crippen LogP contribution >= 0.6 is 0 Å². The van der Waals surface area contributed by atoms with E-state index in [4.69, 9.17) is 4.74 Å². The van der Waals surface area contributed by atoms with Crippen LogP contribution in [-0.4, -0.2) is 18.4 Å². The fourth-order valence-corrected chi connectivity index (χ4v) is 2.70. The molecule has 0 bridgehead atoms. The normalized spacial score (nSPS) is 13.1. The second-order valence-corrected chi connectivity index (χ2v) is 5.68. The minimum Gasteiger partial charge on any atom is -0.465 e. The molecule has 0 saturated heterocycles. The van der Waals surface area contributed by atoms with Crippen LogP contribution in [0.15, 0.2) is 48.5 Å². The van der Waals surface area contributed by atoms with Gasteiger partial charge in [0.1, 0.15) is 5.92 Å². The highest BCUT2D eigenvalue weighted by Crippen LogP contribution is 2.41. The summed E-state index contributed by atoms with van der Waals surface area (Å²) in [6.45, 7) is 1.19. The molecule has 0 radical (unpaired) electrons. The fourth-order valence-electron chi connectivity index (χ4n) is 2.70. The first-order valence-electron chi connectivity index (χ1n) is 8.01. The van der Waals surface area contributed by atoms with Crippen molar-refractivity contribution in [2.75, 3.05) is 6.61 Å². The molecule has 150 valence electrons. The SMILES string of the molecule is CCOC(=O)C(C(=O)c1c(C(F)(F)F)cccc1C(F)(F)F)c1ccccc1. The van der Waals surface area contributed by atoms with Crippen LogP contribution in [0.4, 0.5) is 26.3 Å². The zero-order chi connectivity index (χ0) is 21.1. The number of carbonyl (C=O) groups excluding carboxylic acids is 2. The number of ketones is 1. The Morgan fingerprint density at radius 2 is 1.36 bits per heavy atom. The van der Waals surface area contributed by atoms with E-state index < -0.39 is 46.7 Å². The van der Waals surface area contributed by atoms with E-state index in [1.165, 1.54) is 37.3 Å². The van der Waals surface area contributed by atoms with Crippen LogP contribution in [0.2, 0.25) is 0 Å². The zero-order valence-electron chi connectivity index (χ0n) is 14.4. The molecule has 0 N–H and O–H groups in total. The molecule has 9 heteroatoms. The molecule has 0 aromatic heterocycles. The maximum absolute atomic E-state index is 13.4. The van der Waals surface area contributed by atoms with Crippen LogP contribution in [-0.2, 0) is 21.9 Å². The van der Waals surface area contributed by atoms with Crippen molar-refractivity contribution in [3.63, 3.8) is 0 Å². The van der Waals surface area contributed by atoms with Crippen molar-refractivity contribution in [1.29, 1.82) is 0 Å². The molecule has 28 heavy (non-hydrogen) atoms. The smallest absolute Gasteiger partial charge is 0.417 e. The van der Waals surface area contributed by atoms with E-state index in [2.05, 4.69) is 0 Å². The summed E-state index contributed by atoms with van der Waals surface area (Å²) in [5, 5.41) is 0. The van der Waals surface area contributed by atoms with Gasteiger partial charge in [-0.3, -0.25) is 9.59 Å². The minimum absolute atomic E-state index is 0.0731. The lowest BCUT2D eigenvalue weighted by atomic mass is 9.85. The lowest BCUT2D eigenvalue weighted by Gasteiger charge is -2.21. The standard InChI is InChI=1S/C19H14F6O3/c1-2-28-17(27)14(11-7-4-3-5-8-11)16(26)15-12(18(20,21)22)9-6-10-13(15)19(23,24)25/h3-10,14H,2H2,1H3. The number of hydrogen-bond acceptors (Lipinski definition) is 3. The van der Waals surface area contributed by atoms with Crippen molar-refractivity contribution in [2.45, 2.75) is 25.2 Å². The summed E-state index contributed by atoms with van der Waals surface area (Å²) in [5.74, 6) is -4.83. The highest BCUT2D eigenvalue weighted by molar-refractivity contribution is 6.14. The number of hydrogen-bond donors (Lipinski definition) is 0. The topological polar surface area (TPSA) is 43.4 Å². The predicted molar refractivity (Wildman–Crippen MR) is 86.6 cm³/mol. The van der Waals surface area contributed by atoms with Crippen LogP contribution in [0, 0.1) is 0 Å². The highest BCUT2D eigenvalue weighted by atomic mass is 19.4. The molecule has 1 unspecified atom stereocenters. The summed E-state index contributed by atoms with van der Waals surface area (Å²) in [6.07, 6.45) is -10.5. The number of Topliss-reactive ketones (excluding diaryl/α,β-unsaturated/α-hetero) is 1. The molecule has 0 aliphatic carbocycles. The van der Waals surface area contributed by atoms with Crippen LogP contribution < -0.4 is 0 Å². The summed E-state index contributed by atoms with van der Waals surface area (Å²) in [4.78, 5) is 25.2. The molecule has 0 amide bonds. The number of halogens is 6. The highest BCUT2D eigenvalue weighted by Gasteiger charge is 2.45. The molecule has 3 nitrogen and oxygen atoms in total. The third-order valence-corrected chi connectivity index (χ3v) is 3.84. The van der Waals surface area contributed by atoms with Crippen LogP contribution in [0.1, 0.15) is 39.9 Å². The Labute approximate surface area is 155 Å².